The molecular weight excluding hydrogens is 243 g/mol. The number of hydrogen-bond donors (Lipinski definition) is 1. The van der Waals surface area contributed by atoms with Crippen molar-refractivity contribution >= 4 is 0 Å². The van der Waals surface area contributed by atoms with E-state index in [0.717, 1.165) is 6.07 Å². The molecule has 0 fully saturated rings. The van der Waals surface area contributed by atoms with Crippen molar-refractivity contribution in [3.63, 3.8) is 0 Å². The Labute approximate surface area is 102 Å². The maximum Gasteiger partial charge on any atom is 0.194 e. The molecule has 1 unspecified atom stereocenters. The Bertz CT molecular complexity index is 525. The van der Waals surface area contributed by atoms with Gasteiger partial charge in [-0.05, 0) is 18.7 Å². The summed E-state index contributed by atoms with van der Waals surface area (Å²) < 4.78 is 44.8. The van der Waals surface area contributed by atoms with Gasteiger partial charge in [0, 0.05) is 11.1 Å². The Kier molecular flexibility index (Phi) is 3.72. The molecule has 0 aliphatic carbocycles. The van der Waals surface area contributed by atoms with Gasteiger partial charge in [0.2, 0.25) is 0 Å². The quantitative estimate of drug-likeness (QED) is 0.847. The van der Waals surface area contributed by atoms with Crippen molar-refractivity contribution in [3.05, 3.63) is 59.3 Å². The number of rotatable bonds is 4. The normalized spacial score (nSPS) is 12.7. The summed E-state index contributed by atoms with van der Waals surface area (Å²) in [4.78, 5) is 0. The summed E-state index contributed by atoms with van der Waals surface area (Å²) in [6, 6.07) is 3.23. The molecule has 18 heavy (non-hydrogen) atoms. The van der Waals surface area contributed by atoms with Gasteiger partial charge in [0.25, 0.3) is 0 Å². The molecule has 2 nitrogen and oxygen atoms in total. The molecule has 1 aromatic carbocycles. The Morgan fingerprint density at radius 3 is 2.56 bits per heavy atom. The molecule has 1 N–H and O–H groups in total. The van der Waals surface area contributed by atoms with Gasteiger partial charge in [-0.15, -0.1) is 0 Å². The molecule has 5 heteroatoms. The van der Waals surface area contributed by atoms with Gasteiger partial charge < -0.3 is 9.73 Å². The van der Waals surface area contributed by atoms with Gasteiger partial charge in [-0.1, -0.05) is 13.0 Å². The Morgan fingerprint density at radius 2 is 1.94 bits per heavy atom. The lowest BCUT2D eigenvalue weighted by Crippen LogP contribution is -2.23. The van der Waals surface area contributed by atoms with Crippen LogP contribution in [-0.2, 0) is 0 Å². The van der Waals surface area contributed by atoms with Gasteiger partial charge in [-0.2, -0.15) is 0 Å². The first kappa shape index (κ1) is 12.7. The number of hydrogen-bond acceptors (Lipinski definition) is 2. The maximum absolute atomic E-state index is 13.7. The summed E-state index contributed by atoms with van der Waals surface area (Å²) in [5.41, 5.74) is 0.707. The molecule has 0 aliphatic rings. The third-order valence-electron chi connectivity index (χ3n) is 2.66. The summed E-state index contributed by atoms with van der Waals surface area (Å²) >= 11 is 0. The first-order valence-electron chi connectivity index (χ1n) is 5.54. The number of benzene rings is 1. The zero-order valence-corrected chi connectivity index (χ0v) is 9.71. The Hall–Kier alpha value is -1.75. The van der Waals surface area contributed by atoms with Crippen molar-refractivity contribution < 1.29 is 17.6 Å². The number of furan rings is 1. The second kappa shape index (κ2) is 5.27. The van der Waals surface area contributed by atoms with Gasteiger partial charge in [0.15, 0.2) is 17.5 Å². The summed E-state index contributed by atoms with van der Waals surface area (Å²) in [7, 11) is 0. The van der Waals surface area contributed by atoms with E-state index in [1.54, 1.807) is 6.07 Å². The van der Waals surface area contributed by atoms with E-state index >= 15 is 0 Å². The van der Waals surface area contributed by atoms with E-state index in [4.69, 9.17) is 4.42 Å². The first-order valence-corrected chi connectivity index (χ1v) is 5.54. The molecule has 2 aromatic rings. The van der Waals surface area contributed by atoms with E-state index in [0.29, 0.717) is 12.1 Å². The zero-order valence-electron chi connectivity index (χ0n) is 9.71. The van der Waals surface area contributed by atoms with E-state index in [9.17, 15) is 13.2 Å². The van der Waals surface area contributed by atoms with Crippen molar-refractivity contribution in [2.24, 2.45) is 0 Å². The van der Waals surface area contributed by atoms with E-state index in [-0.39, 0.29) is 5.56 Å². The van der Waals surface area contributed by atoms with Crippen molar-refractivity contribution in [2.45, 2.75) is 13.0 Å². The molecule has 96 valence electrons. The van der Waals surface area contributed by atoms with Crippen LogP contribution in [0.2, 0.25) is 0 Å². The summed E-state index contributed by atoms with van der Waals surface area (Å²) in [6.07, 6.45) is 2.88. The van der Waals surface area contributed by atoms with Crippen LogP contribution in [0.4, 0.5) is 13.2 Å². The Morgan fingerprint density at radius 1 is 1.17 bits per heavy atom. The third-order valence-corrected chi connectivity index (χ3v) is 2.66. The predicted octanol–water partition coefficient (Wildman–Crippen LogP) is 3.40. The number of nitrogens with one attached hydrogen (secondary N) is 1. The summed E-state index contributed by atoms with van der Waals surface area (Å²) in [6.45, 7) is 2.39. The smallest absolute Gasteiger partial charge is 0.194 e. The topological polar surface area (TPSA) is 25.2 Å². The van der Waals surface area contributed by atoms with Crippen LogP contribution in [0.3, 0.4) is 0 Å². The average Bonchev–Trinajstić information content (AvgIpc) is 2.88. The highest BCUT2D eigenvalue weighted by atomic mass is 19.2. The van der Waals surface area contributed by atoms with Gasteiger partial charge >= 0.3 is 0 Å². The standard InChI is InChI=1S/C13H12F3NO/c1-2-17-13(8-5-6-18-7-8)9-3-4-10(14)12(16)11(9)15/h3-7,13,17H,2H2,1H3. The van der Waals surface area contributed by atoms with Gasteiger partial charge in [-0.25, -0.2) is 13.2 Å². The van der Waals surface area contributed by atoms with Crippen LogP contribution < -0.4 is 5.32 Å². The van der Waals surface area contributed by atoms with Crippen LogP contribution in [0, 0.1) is 17.5 Å². The predicted molar refractivity (Wildman–Crippen MR) is 60.5 cm³/mol. The van der Waals surface area contributed by atoms with Crippen molar-refractivity contribution in [1.29, 1.82) is 0 Å². The maximum atomic E-state index is 13.7. The second-order valence-corrected chi connectivity index (χ2v) is 3.81. The summed E-state index contributed by atoms with van der Waals surface area (Å²) in [5.74, 6) is -3.83. The highest BCUT2D eigenvalue weighted by molar-refractivity contribution is 5.31. The average molecular weight is 255 g/mol. The van der Waals surface area contributed by atoms with Crippen LogP contribution in [-0.4, -0.2) is 6.54 Å². The van der Waals surface area contributed by atoms with Gasteiger partial charge in [-0.3, -0.25) is 0 Å². The largest absolute Gasteiger partial charge is 0.472 e. The minimum Gasteiger partial charge on any atom is -0.472 e. The lowest BCUT2D eigenvalue weighted by molar-refractivity contribution is 0.433. The molecular formula is C13H12F3NO. The fourth-order valence-corrected chi connectivity index (χ4v) is 1.81. The van der Waals surface area contributed by atoms with Crippen LogP contribution >= 0.6 is 0 Å². The first-order chi connectivity index (χ1) is 8.65. The SMILES string of the molecule is CCNC(c1ccoc1)c1ccc(F)c(F)c1F. The van der Waals surface area contributed by atoms with Crippen molar-refractivity contribution in [1.82, 2.24) is 5.32 Å². The van der Waals surface area contributed by atoms with E-state index in [1.807, 2.05) is 6.92 Å². The molecule has 0 spiro atoms. The summed E-state index contributed by atoms with van der Waals surface area (Å²) in [5, 5.41) is 3.00. The Balaban J connectivity index is 2.47. The van der Waals surface area contributed by atoms with Crippen LogP contribution in [0.1, 0.15) is 24.1 Å². The molecule has 0 radical (unpaired) electrons. The van der Waals surface area contributed by atoms with Crippen molar-refractivity contribution in [2.75, 3.05) is 6.54 Å². The lowest BCUT2D eigenvalue weighted by atomic mass is 10.0. The highest BCUT2D eigenvalue weighted by Gasteiger charge is 2.22. The highest BCUT2D eigenvalue weighted by Crippen LogP contribution is 2.27. The molecule has 0 saturated carbocycles. The lowest BCUT2D eigenvalue weighted by Gasteiger charge is -2.17. The molecule has 0 bridgehead atoms. The van der Waals surface area contributed by atoms with Crippen molar-refractivity contribution in [3.8, 4) is 0 Å². The van der Waals surface area contributed by atoms with E-state index < -0.39 is 23.5 Å². The fourth-order valence-electron chi connectivity index (χ4n) is 1.81. The molecule has 1 aromatic heterocycles. The molecule has 0 saturated heterocycles. The van der Waals surface area contributed by atoms with E-state index in [2.05, 4.69) is 5.32 Å². The van der Waals surface area contributed by atoms with Gasteiger partial charge in [0.05, 0.1) is 18.6 Å². The molecule has 0 amide bonds. The third kappa shape index (κ3) is 2.26. The number of halogens is 3. The van der Waals surface area contributed by atoms with Crippen LogP contribution in [0.5, 0.6) is 0 Å². The van der Waals surface area contributed by atoms with Gasteiger partial charge in [0.1, 0.15) is 0 Å². The molecule has 2 rings (SSSR count). The van der Waals surface area contributed by atoms with E-state index in [1.165, 1.54) is 18.6 Å². The minimum absolute atomic E-state index is 0.0529. The molecule has 1 atom stereocenters. The van der Waals surface area contributed by atoms with Crippen LogP contribution in [0.25, 0.3) is 0 Å². The molecule has 1 heterocycles. The zero-order chi connectivity index (χ0) is 13.1. The minimum atomic E-state index is -1.46. The van der Waals surface area contributed by atoms with Crippen LogP contribution in [0.15, 0.2) is 35.1 Å². The monoisotopic (exact) mass is 255 g/mol. The fraction of sp³-hybridized carbons (Fsp3) is 0.231. The molecule has 0 aliphatic heterocycles. The second-order valence-electron chi connectivity index (χ2n) is 3.81.